The minimum Gasteiger partial charge on any atom is -0.456 e. The zero-order chi connectivity index (χ0) is 24.5. The van der Waals surface area contributed by atoms with Crippen LogP contribution in [-0.2, 0) is 0 Å². The fraction of sp³-hybridized carbons (Fsp3) is 0.167. The Kier molecular flexibility index (Phi) is 5.70. The van der Waals surface area contributed by atoms with Crippen LogP contribution in [0.15, 0.2) is 100 Å². The minimum absolute atomic E-state index is 0.0621. The molecule has 1 aliphatic rings. The lowest BCUT2D eigenvalue weighted by molar-refractivity contribution is -0.384. The van der Waals surface area contributed by atoms with Gasteiger partial charge in [-0.05, 0) is 48.6 Å². The number of anilines is 1. The van der Waals surface area contributed by atoms with Crippen molar-refractivity contribution >= 4 is 45.2 Å². The van der Waals surface area contributed by atoms with Crippen molar-refractivity contribution in [3.63, 3.8) is 0 Å². The third kappa shape index (κ3) is 4.22. The Morgan fingerprint density at radius 2 is 1.61 bits per heavy atom. The second-order valence-corrected chi connectivity index (χ2v) is 9.21. The first-order chi connectivity index (χ1) is 17.7. The van der Waals surface area contributed by atoms with E-state index in [1.807, 2.05) is 54.6 Å². The molecule has 6 heteroatoms. The molecule has 2 heterocycles. The highest BCUT2D eigenvalue weighted by molar-refractivity contribution is 6.05. The molecule has 6 rings (SSSR count). The number of benzene rings is 4. The zero-order valence-electron chi connectivity index (χ0n) is 19.7. The molecule has 0 bridgehead atoms. The molecule has 36 heavy (non-hydrogen) atoms. The number of aliphatic imine (C=N–C) groups is 1. The molecule has 0 saturated carbocycles. The van der Waals surface area contributed by atoms with Gasteiger partial charge in [-0.2, -0.15) is 0 Å². The number of piperidine rings is 1. The first kappa shape index (κ1) is 22.0. The van der Waals surface area contributed by atoms with E-state index in [2.05, 4.69) is 34.2 Å². The summed E-state index contributed by atoms with van der Waals surface area (Å²) in [7, 11) is 0. The van der Waals surface area contributed by atoms with Crippen molar-refractivity contribution in [1.82, 2.24) is 0 Å². The van der Waals surface area contributed by atoms with Crippen LogP contribution in [0.4, 0.5) is 17.1 Å². The number of nitro groups is 1. The Morgan fingerprint density at radius 1 is 0.861 bits per heavy atom. The van der Waals surface area contributed by atoms with Crippen molar-refractivity contribution in [3.8, 4) is 0 Å². The highest BCUT2D eigenvalue weighted by atomic mass is 16.6. The van der Waals surface area contributed by atoms with Crippen molar-refractivity contribution in [2.24, 2.45) is 4.99 Å². The number of non-ortho nitro benzene ring substituents is 1. The molecule has 0 spiro atoms. The quantitative estimate of drug-likeness (QED) is 0.149. The molecule has 178 valence electrons. The molecule has 6 nitrogen and oxygen atoms in total. The second-order valence-electron chi connectivity index (χ2n) is 9.21. The molecule has 4 aromatic carbocycles. The molecular formula is C30H25N3O3. The summed E-state index contributed by atoms with van der Waals surface area (Å²) in [5, 5.41) is 13.6. The monoisotopic (exact) mass is 475 g/mol. The Balaban J connectivity index is 1.28. The maximum Gasteiger partial charge on any atom is 0.270 e. The smallest absolute Gasteiger partial charge is 0.270 e. The van der Waals surface area contributed by atoms with Gasteiger partial charge in [0.15, 0.2) is 0 Å². The summed E-state index contributed by atoms with van der Waals surface area (Å²) in [6, 6.07) is 29.5. The highest BCUT2D eigenvalue weighted by Gasteiger charge is 2.23. The molecule has 0 atom stereocenters. The van der Waals surface area contributed by atoms with Gasteiger partial charge in [-0.25, -0.2) is 0 Å². The Labute approximate surface area is 208 Å². The van der Waals surface area contributed by atoms with Gasteiger partial charge in [0.1, 0.15) is 11.2 Å². The first-order valence-corrected chi connectivity index (χ1v) is 12.2. The van der Waals surface area contributed by atoms with E-state index < -0.39 is 0 Å². The number of rotatable bonds is 5. The van der Waals surface area contributed by atoms with Gasteiger partial charge in [0, 0.05) is 59.5 Å². The van der Waals surface area contributed by atoms with Crippen LogP contribution >= 0.6 is 0 Å². The Hall–Kier alpha value is -4.45. The largest absolute Gasteiger partial charge is 0.456 e. The summed E-state index contributed by atoms with van der Waals surface area (Å²) in [4.78, 5) is 18.1. The fourth-order valence-corrected chi connectivity index (χ4v) is 5.16. The van der Waals surface area contributed by atoms with E-state index in [9.17, 15) is 10.1 Å². The summed E-state index contributed by atoms with van der Waals surface area (Å²) >= 11 is 0. The van der Waals surface area contributed by atoms with Gasteiger partial charge in [0.2, 0.25) is 0 Å². The van der Waals surface area contributed by atoms with E-state index in [-0.39, 0.29) is 10.6 Å². The number of nitro benzene ring substituents is 1. The first-order valence-electron chi connectivity index (χ1n) is 12.2. The predicted molar refractivity (Wildman–Crippen MR) is 145 cm³/mol. The lowest BCUT2D eigenvalue weighted by Crippen LogP contribution is -2.33. The van der Waals surface area contributed by atoms with Gasteiger partial charge in [-0.1, -0.05) is 48.5 Å². The van der Waals surface area contributed by atoms with Crippen molar-refractivity contribution in [2.45, 2.75) is 18.8 Å². The summed E-state index contributed by atoms with van der Waals surface area (Å²) in [5.41, 5.74) is 5.51. The third-order valence-corrected chi connectivity index (χ3v) is 7.04. The number of hydrogen-bond acceptors (Lipinski definition) is 5. The SMILES string of the molecule is O=[N+]([O-])c1ccc(N2CCC(c3ccccc3)CC2)c(C=Nc2ccc3c(c2)oc2ccccc23)c1. The molecule has 0 radical (unpaired) electrons. The topological polar surface area (TPSA) is 71.9 Å². The lowest BCUT2D eigenvalue weighted by Gasteiger charge is -2.34. The van der Waals surface area contributed by atoms with Gasteiger partial charge >= 0.3 is 0 Å². The van der Waals surface area contributed by atoms with Crippen LogP contribution in [0.25, 0.3) is 21.9 Å². The fourth-order valence-electron chi connectivity index (χ4n) is 5.16. The molecule has 1 saturated heterocycles. The van der Waals surface area contributed by atoms with E-state index in [4.69, 9.17) is 4.42 Å². The van der Waals surface area contributed by atoms with E-state index >= 15 is 0 Å². The lowest BCUT2D eigenvalue weighted by atomic mass is 9.89. The van der Waals surface area contributed by atoms with Gasteiger partial charge < -0.3 is 9.32 Å². The van der Waals surface area contributed by atoms with Gasteiger partial charge in [0.25, 0.3) is 5.69 Å². The molecule has 1 fully saturated rings. The summed E-state index contributed by atoms with van der Waals surface area (Å²) in [6.45, 7) is 1.78. The molecule has 0 amide bonds. The van der Waals surface area contributed by atoms with Crippen LogP contribution in [0.2, 0.25) is 0 Å². The third-order valence-electron chi connectivity index (χ3n) is 7.04. The van der Waals surface area contributed by atoms with Gasteiger partial charge in [-0.15, -0.1) is 0 Å². The average Bonchev–Trinajstić information content (AvgIpc) is 3.30. The van der Waals surface area contributed by atoms with Crippen LogP contribution in [-0.4, -0.2) is 24.2 Å². The average molecular weight is 476 g/mol. The number of hydrogen-bond donors (Lipinski definition) is 0. The molecule has 0 unspecified atom stereocenters. The van der Waals surface area contributed by atoms with E-state index in [0.29, 0.717) is 5.92 Å². The van der Waals surface area contributed by atoms with E-state index in [1.54, 1.807) is 18.3 Å². The summed E-state index contributed by atoms with van der Waals surface area (Å²) in [6.07, 6.45) is 3.82. The van der Waals surface area contributed by atoms with Crippen LogP contribution in [0.1, 0.15) is 29.9 Å². The number of nitrogens with zero attached hydrogens (tertiary/aromatic N) is 3. The molecule has 5 aromatic rings. The molecule has 0 aliphatic carbocycles. The minimum atomic E-state index is -0.358. The second kappa shape index (κ2) is 9.30. The Bertz CT molecular complexity index is 1580. The maximum absolute atomic E-state index is 11.5. The number of para-hydroxylation sites is 1. The molecule has 0 N–H and O–H groups in total. The molecule has 1 aliphatic heterocycles. The van der Waals surface area contributed by atoms with E-state index in [0.717, 1.165) is 64.8 Å². The normalized spacial score (nSPS) is 14.7. The molecular weight excluding hydrogens is 450 g/mol. The maximum atomic E-state index is 11.5. The predicted octanol–water partition coefficient (Wildman–Crippen LogP) is 7.63. The van der Waals surface area contributed by atoms with Crippen molar-refractivity contribution < 1.29 is 9.34 Å². The standard InChI is InChI=1S/C30H25N3O3/c34-33(35)25-11-13-28(32-16-14-22(15-17-32)21-6-2-1-3-7-21)23(18-25)20-31-24-10-12-27-26-8-4-5-9-29(26)36-30(27)19-24/h1-13,18-20,22H,14-17H2. The van der Waals surface area contributed by atoms with Crippen molar-refractivity contribution in [1.29, 1.82) is 0 Å². The highest BCUT2D eigenvalue weighted by Crippen LogP contribution is 2.34. The van der Waals surface area contributed by atoms with Crippen LogP contribution in [0.3, 0.4) is 0 Å². The van der Waals surface area contributed by atoms with Gasteiger partial charge in [0.05, 0.1) is 10.6 Å². The van der Waals surface area contributed by atoms with E-state index in [1.165, 1.54) is 5.56 Å². The number of furan rings is 1. The van der Waals surface area contributed by atoms with Crippen molar-refractivity contribution in [3.05, 3.63) is 112 Å². The summed E-state index contributed by atoms with van der Waals surface area (Å²) in [5.74, 6) is 0.535. The Morgan fingerprint density at radius 3 is 2.42 bits per heavy atom. The van der Waals surface area contributed by atoms with Gasteiger partial charge in [-0.3, -0.25) is 15.1 Å². The van der Waals surface area contributed by atoms with Crippen LogP contribution in [0, 0.1) is 10.1 Å². The zero-order valence-corrected chi connectivity index (χ0v) is 19.7. The van der Waals surface area contributed by atoms with Crippen molar-refractivity contribution in [2.75, 3.05) is 18.0 Å². The summed E-state index contributed by atoms with van der Waals surface area (Å²) < 4.78 is 5.99. The number of fused-ring (bicyclic) bond motifs is 3. The molecule has 1 aromatic heterocycles. The van der Waals surface area contributed by atoms with Crippen LogP contribution in [0.5, 0.6) is 0 Å². The van der Waals surface area contributed by atoms with Crippen LogP contribution < -0.4 is 4.90 Å².